The van der Waals surface area contributed by atoms with E-state index in [2.05, 4.69) is 17.1 Å². The molecule has 5 nitrogen and oxygen atoms in total. The molecule has 1 atom stereocenters. The second-order valence-corrected chi connectivity index (χ2v) is 7.19. The number of benzene rings is 1. The van der Waals surface area contributed by atoms with Crippen molar-refractivity contribution in [3.05, 3.63) is 54.2 Å². The minimum atomic E-state index is -3.75. The summed E-state index contributed by atoms with van der Waals surface area (Å²) >= 11 is 0. The van der Waals surface area contributed by atoms with Crippen LogP contribution in [0, 0.1) is 5.92 Å². The van der Waals surface area contributed by atoms with Crippen LogP contribution in [0.5, 0.6) is 0 Å². The van der Waals surface area contributed by atoms with Gasteiger partial charge in [0, 0.05) is 19.3 Å². The Bertz CT molecular complexity index is 747. The zero-order chi connectivity index (χ0) is 15.6. The van der Waals surface area contributed by atoms with Gasteiger partial charge in [-0.15, -0.1) is 0 Å². The zero-order valence-corrected chi connectivity index (χ0v) is 13.0. The molecular weight excluding hydrogens is 298 g/mol. The number of anilines is 1. The largest absolute Gasteiger partial charge is 0.355 e. The number of aromatic nitrogens is 1. The molecule has 116 valence electrons. The van der Waals surface area contributed by atoms with Crippen molar-refractivity contribution in [2.24, 2.45) is 11.1 Å². The molecule has 6 heteroatoms. The minimum Gasteiger partial charge on any atom is -0.355 e. The lowest BCUT2D eigenvalue weighted by atomic mass is 9.99. The first kappa shape index (κ1) is 15.0. The van der Waals surface area contributed by atoms with Crippen molar-refractivity contribution in [1.82, 2.24) is 4.98 Å². The minimum absolute atomic E-state index is 0.107. The fourth-order valence-electron chi connectivity index (χ4n) is 2.98. The van der Waals surface area contributed by atoms with E-state index in [0.29, 0.717) is 11.7 Å². The fraction of sp³-hybridized carbons (Fsp3) is 0.312. The Labute approximate surface area is 130 Å². The third-order valence-corrected chi connectivity index (χ3v) is 4.94. The van der Waals surface area contributed by atoms with E-state index in [4.69, 9.17) is 5.14 Å². The van der Waals surface area contributed by atoms with E-state index in [9.17, 15) is 8.42 Å². The van der Waals surface area contributed by atoms with Crippen LogP contribution >= 0.6 is 0 Å². The molecule has 0 aliphatic carbocycles. The predicted octanol–water partition coefficient (Wildman–Crippen LogP) is 1.80. The molecule has 1 aliphatic heterocycles. The molecule has 1 aliphatic rings. The van der Waals surface area contributed by atoms with Gasteiger partial charge in [0.1, 0.15) is 10.7 Å². The topological polar surface area (TPSA) is 76.3 Å². The molecule has 2 heterocycles. The highest BCUT2D eigenvalue weighted by Gasteiger charge is 2.27. The van der Waals surface area contributed by atoms with Crippen LogP contribution < -0.4 is 10.0 Å². The van der Waals surface area contributed by atoms with Gasteiger partial charge in [0.05, 0.1) is 0 Å². The summed E-state index contributed by atoms with van der Waals surface area (Å²) in [5.74, 6) is 0.971. The lowest BCUT2D eigenvalue weighted by molar-refractivity contribution is 0.584. The van der Waals surface area contributed by atoms with Crippen molar-refractivity contribution in [3.8, 4) is 0 Å². The van der Waals surface area contributed by atoms with Crippen molar-refractivity contribution in [1.29, 1.82) is 0 Å². The van der Waals surface area contributed by atoms with Gasteiger partial charge < -0.3 is 4.90 Å². The fourth-order valence-corrected chi connectivity index (χ4v) is 3.69. The molecule has 0 spiro atoms. The van der Waals surface area contributed by atoms with Crippen molar-refractivity contribution in [3.63, 3.8) is 0 Å². The van der Waals surface area contributed by atoms with Crippen LogP contribution in [0.4, 0.5) is 5.82 Å². The van der Waals surface area contributed by atoms with Gasteiger partial charge in [0.15, 0.2) is 0 Å². The van der Waals surface area contributed by atoms with Crippen LogP contribution in [0.1, 0.15) is 12.0 Å². The number of sulfonamides is 1. The highest BCUT2D eigenvalue weighted by atomic mass is 32.2. The summed E-state index contributed by atoms with van der Waals surface area (Å²) in [5.41, 5.74) is 1.31. The van der Waals surface area contributed by atoms with E-state index in [1.54, 1.807) is 12.3 Å². The molecular formula is C16H19N3O2S. The van der Waals surface area contributed by atoms with E-state index in [-0.39, 0.29) is 4.90 Å². The molecule has 0 unspecified atom stereocenters. The summed E-state index contributed by atoms with van der Waals surface area (Å²) in [6, 6.07) is 13.5. The molecule has 1 fully saturated rings. The molecule has 0 radical (unpaired) electrons. The number of hydrogen-bond acceptors (Lipinski definition) is 4. The van der Waals surface area contributed by atoms with Crippen LogP contribution in [0.15, 0.2) is 53.6 Å². The van der Waals surface area contributed by atoms with Crippen LogP contribution in [0.3, 0.4) is 0 Å². The zero-order valence-electron chi connectivity index (χ0n) is 12.2. The van der Waals surface area contributed by atoms with E-state index in [0.717, 1.165) is 25.9 Å². The smallest absolute Gasteiger partial charge is 0.241 e. The first-order valence-corrected chi connectivity index (χ1v) is 8.85. The highest BCUT2D eigenvalue weighted by molar-refractivity contribution is 7.89. The standard InChI is InChI=1S/C16H19N3O2S/c17-22(20,21)15-7-4-9-18-16(15)19-10-8-14(12-19)11-13-5-2-1-3-6-13/h1-7,9,14H,8,10-12H2,(H2,17,20,21)/t14-/m0/s1. The van der Waals surface area contributed by atoms with Gasteiger partial charge in [-0.1, -0.05) is 30.3 Å². The van der Waals surface area contributed by atoms with Crippen LogP contribution in [-0.2, 0) is 16.4 Å². The lowest BCUT2D eigenvalue weighted by Gasteiger charge is -2.19. The van der Waals surface area contributed by atoms with Gasteiger partial charge >= 0.3 is 0 Å². The van der Waals surface area contributed by atoms with Gasteiger partial charge in [-0.25, -0.2) is 18.5 Å². The SMILES string of the molecule is NS(=O)(=O)c1cccnc1N1CC[C@@H](Cc2ccccc2)C1. The van der Waals surface area contributed by atoms with Gasteiger partial charge in [-0.2, -0.15) is 0 Å². The van der Waals surface area contributed by atoms with E-state index >= 15 is 0 Å². The number of primary sulfonamides is 1. The van der Waals surface area contributed by atoms with Gasteiger partial charge in [0.25, 0.3) is 0 Å². The molecule has 0 bridgehead atoms. The lowest BCUT2D eigenvalue weighted by Crippen LogP contribution is -2.25. The maximum Gasteiger partial charge on any atom is 0.241 e. The second-order valence-electron chi connectivity index (χ2n) is 5.66. The van der Waals surface area contributed by atoms with Crippen LogP contribution in [0.25, 0.3) is 0 Å². The average molecular weight is 317 g/mol. The Hall–Kier alpha value is -1.92. The summed E-state index contributed by atoms with van der Waals surface area (Å²) in [6.45, 7) is 1.60. The Morgan fingerprint density at radius 1 is 1.18 bits per heavy atom. The number of pyridine rings is 1. The quantitative estimate of drug-likeness (QED) is 0.933. The maximum absolute atomic E-state index is 11.7. The Morgan fingerprint density at radius 3 is 2.68 bits per heavy atom. The first-order chi connectivity index (χ1) is 10.5. The molecule has 3 rings (SSSR count). The van der Waals surface area contributed by atoms with Crippen molar-refractivity contribution >= 4 is 15.8 Å². The average Bonchev–Trinajstić information content (AvgIpc) is 2.96. The van der Waals surface area contributed by atoms with Gasteiger partial charge in [-0.05, 0) is 36.5 Å². The highest BCUT2D eigenvalue weighted by Crippen LogP contribution is 2.28. The Morgan fingerprint density at radius 2 is 1.95 bits per heavy atom. The third-order valence-electron chi connectivity index (χ3n) is 4.01. The molecule has 1 saturated heterocycles. The molecule has 0 saturated carbocycles. The third kappa shape index (κ3) is 3.28. The predicted molar refractivity (Wildman–Crippen MR) is 86.1 cm³/mol. The van der Waals surface area contributed by atoms with Crippen molar-refractivity contribution in [2.75, 3.05) is 18.0 Å². The van der Waals surface area contributed by atoms with Crippen molar-refractivity contribution in [2.45, 2.75) is 17.7 Å². The van der Waals surface area contributed by atoms with E-state index in [1.165, 1.54) is 11.6 Å². The normalized spacial score (nSPS) is 18.6. The number of rotatable bonds is 4. The molecule has 2 aromatic rings. The molecule has 2 N–H and O–H groups in total. The Kier molecular flexibility index (Phi) is 4.13. The van der Waals surface area contributed by atoms with Gasteiger partial charge in [0.2, 0.25) is 10.0 Å². The van der Waals surface area contributed by atoms with Crippen LogP contribution in [0.2, 0.25) is 0 Å². The first-order valence-electron chi connectivity index (χ1n) is 7.31. The molecule has 1 aromatic heterocycles. The molecule has 1 aromatic carbocycles. The molecule has 22 heavy (non-hydrogen) atoms. The number of hydrogen-bond donors (Lipinski definition) is 1. The summed E-state index contributed by atoms with van der Waals surface area (Å²) in [5, 5.41) is 5.29. The van der Waals surface area contributed by atoms with Gasteiger partial charge in [-0.3, -0.25) is 0 Å². The molecule has 0 amide bonds. The summed E-state index contributed by atoms with van der Waals surface area (Å²) in [6.07, 6.45) is 3.62. The monoisotopic (exact) mass is 317 g/mol. The second kappa shape index (κ2) is 6.06. The van der Waals surface area contributed by atoms with Crippen molar-refractivity contribution < 1.29 is 8.42 Å². The Balaban J connectivity index is 1.76. The maximum atomic E-state index is 11.7. The summed E-state index contributed by atoms with van der Waals surface area (Å²) in [7, 11) is -3.75. The summed E-state index contributed by atoms with van der Waals surface area (Å²) in [4.78, 5) is 6.36. The number of nitrogens with two attached hydrogens (primary N) is 1. The van der Waals surface area contributed by atoms with E-state index in [1.807, 2.05) is 23.1 Å². The summed E-state index contributed by atoms with van der Waals surface area (Å²) < 4.78 is 23.4. The number of nitrogens with zero attached hydrogens (tertiary/aromatic N) is 2. The van der Waals surface area contributed by atoms with E-state index < -0.39 is 10.0 Å². The van der Waals surface area contributed by atoms with Crippen LogP contribution in [-0.4, -0.2) is 26.5 Å².